The fraction of sp³-hybridized carbons (Fsp3) is 0.0968. The molecule has 156 valence electrons. The molecule has 0 aliphatic rings. The van der Waals surface area contributed by atoms with Gasteiger partial charge in [0, 0.05) is 17.1 Å². The molecule has 0 aliphatic heterocycles. The van der Waals surface area contributed by atoms with Crippen molar-refractivity contribution in [2.45, 2.75) is 19.8 Å². The van der Waals surface area contributed by atoms with Gasteiger partial charge in [-0.2, -0.15) is 0 Å². The molecule has 0 atom stereocenters. The van der Waals surface area contributed by atoms with Crippen LogP contribution in [0.5, 0.6) is 0 Å². The van der Waals surface area contributed by atoms with E-state index in [1.165, 1.54) is 27.5 Å². The first-order valence-electron chi connectivity index (χ1n) is 11.2. The van der Waals surface area contributed by atoms with Crippen LogP contribution >= 0.6 is 0 Å². The van der Waals surface area contributed by atoms with E-state index in [2.05, 4.69) is 140 Å². The number of benzene rings is 5. The summed E-state index contributed by atoms with van der Waals surface area (Å²) in [6.07, 6.45) is 0. The topological polar surface area (TPSA) is 3.24 Å². The van der Waals surface area contributed by atoms with Gasteiger partial charge in [-0.15, -0.1) is 0 Å². The van der Waals surface area contributed by atoms with Gasteiger partial charge >= 0.3 is 0 Å². The fourth-order valence-electron chi connectivity index (χ4n) is 4.30. The number of hydrogen-bond acceptors (Lipinski definition) is 1. The Morgan fingerprint density at radius 2 is 1.09 bits per heavy atom. The van der Waals surface area contributed by atoms with E-state index in [1.54, 1.807) is 0 Å². The van der Waals surface area contributed by atoms with Crippen LogP contribution in [0.2, 0.25) is 0 Å². The van der Waals surface area contributed by atoms with Crippen molar-refractivity contribution in [1.82, 2.24) is 0 Å². The molecule has 1 heteroatoms. The van der Waals surface area contributed by atoms with E-state index in [0.29, 0.717) is 5.92 Å². The van der Waals surface area contributed by atoms with Gasteiger partial charge in [0.15, 0.2) is 0 Å². The summed E-state index contributed by atoms with van der Waals surface area (Å²) in [5.74, 6) is 0.478. The van der Waals surface area contributed by atoms with Crippen molar-refractivity contribution in [3.8, 4) is 11.1 Å². The maximum Gasteiger partial charge on any atom is 0.0468 e. The zero-order valence-corrected chi connectivity index (χ0v) is 18.6. The van der Waals surface area contributed by atoms with Crippen molar-refractivity contribution in [2.75, 3.05) is 4.90 Å². The normalized spacial score (nSPS) is 11.1. The zero-order chi connectivity index (χ0) is 21.9. The highest BCUT2D eigenvalue weighted by molar-refractivity contribution is 6.00. The summed E-state index contributed by atoms with van der Waals surface area (Å²) in [6, 6.07) is 43.4. The molecule has 5 aromatic rings. The third-order valence-electron chi connectivity index (χ3n) is 6.00. The first kappa shape index (κ1) is 20.1. The predicted octanol–water partition coefficient (Wildman–Crippen LogP) is 9.10. The lowest BCUT2D eigenvalue weighted by molar-refractivity contribution is 0.869. The van der Waals surface area contributed by atoms with E-state index in [-0.39, 0.29) is 0 Å². The summed E-state index contributed by atoms with van der Waals surface area (Å²) in [6.45, 7) is 4.52. The predicted molar refractivity (Wildman–Crippen MR) is 138 cm³/mol. The van der Waals surface area contributed by atoms with Gasteiger partial charge < -0.3 is 4.90 Å². The van der Waals surface area contributed by atoms with Gasteiger partial charge in [0.2, 0.25) is 0 Å². The molecule has 0 saturated carbocycles. The number of nitrogens with zero attached hydrogens (tertiary/aromatic N) is 1. The Hall–Kier alpha value is -3.84. The molecule has 0 unspecified atom stereocenters. The zero-order valence-electron chi connectivity index (χ0n) is 18.6. The van der Waals surface area contributed by atoms with Crippen LogP contribution in [0, 0.1) is 0 Å². The quantitative estimate of drug-likeness (QED) is 0.278. The van der Waals surface area contributed by atoms with E-state index in [4.69, 9.17) is 0 Å². The molecule has 0 spiro atoms. The van der Waals surface area contributed by atoms with Crippen LogP contribution in [-0.2, 0) is 0 Å². The van der Waals surface area contributed by atoms with Gasteiger partial charge in [-0.3, -0.25) is 0 Å². The summed E-state index contributed by atoms with van der Waals surface area (Å²) in [4.78, 5) is 2.32. The number of anilines is 3. The smallest absolute Gasteiger partial charge is 0.0468 e. The number of rotatable bonds is 5. The van der Waals surface area contributed by atoms with E-state index in [9.17, 15) is 0 Å². The summed E-state index contributed by atoms with van der Waals surface area (Å²) < 4.78 is 0. The van der Waals surface area contributed by atoms with E-state index >= 15 is 0 Å². The van der Waals surface area contributed by atoms with Gasteiger partial charge in [0.1, 0.15) is 0 Å². The molecule has 0 heterocycles. The second-order valence-corrected chi connectivity index (χ2v) is 8.50. The lowest BCUT2D eigenvalue weighted by Crippen LogP contribution is -2.09. The van der Waals surface area contributed by atoms with Crippen LogP contribution in [-0.4, -0.2) is 0 Å². The number of fused-ring (bicyclic) bond motifs is 1. The molecule has 0 fully saturated rings. The average Bonchev–Trinajstić information content (AvgIpc) is 2.85. The second kappa shape index (κ2) is 8.72. The lowest BCUT2D eigenvalue weighted by Gasteiger charge is -2.26. The summed E-state index contributed by atoms with van der Waals surface area (Å²) in [5, 5.41) is 2.55. The van der Waals surface area contributed by atoms with E-state index < -0.39 is 0 Å². The van der Waals surface area contributed by atoms with Crippen LogP contribution in [0.3, 0.4) is 0 Å². The largest absolute Gasteiger partial charge is 0.310 e. The number of para-hydroxylation sites is 2. The van der Waals surface area contributed by atoms with Gasteiger partial charge in [0.05, 0.1) is 0 Å². The minimum Gasteiger partial charge on any atom is -0.310 e. The molecule has 0 aliphatic carbocycles. The second-order valence-electron chi connectivity index (χ2n) is 8.50. The highest BCUT2D eigenvalue weighted by atomic mass is 15.1. The molecule has 0 bridgehead atoms. The van der Waals surface area contributed by atoms with Crippen molar-refractivity contribution in [2.24, 2.45) is 0 Å². The Labute approximate surface area is 190 Å². The van der Waals surface area contributed by atoms with Crippen LogP contribution in [0.1, 0.15) is 25.3 Å². The van der Waals surface area contributed by atoms with Crippen molar-refractivity contribution in [3.63, 3.8) is 0 Å². The molecular formula is C31H27N. The van der Waals surface area contributed by atoms with Crippen molar-refractivity contribution in [1.29, 1.82) is 0 Å². The Morgan fingerprint density at radius 3 is 1.66 bits per heavy atom. The fourth-order valence-corrected chi connectivity index (χ4v) is 4.30. The Morgan fingerprint density at radius 1 is 0.531 bits per heavy atom. The molecule has 5 aromatic carbocycles. The standard InChI is InChI=1S/C31H27N/c1-23(2)26-20-25-18-19-29(22-31(25)30(21-26)24-12-6-3-7-13-24)32(27-14-8-4-9-15-27)28-16-10-5-11-17-28/h3-23H,1-2H3. The van der Waals surface area contributed by atoms with Crippen molar-refractivity contribution in [3.05, 3.63) is 127 Å². The first-order valence-corrected chi connectivity index (χ1v) is 11.2. The third-order valence-corrected chi connectivity index (χ3v) is 6.00. The molecule has 32 heavy (non-hydrogen) atoms. The molecular weight excluding hydrogens is 386 g/mol. The van der Waals surface area contributed by atoms with Crippen LogP contribution in [0.4, 0.5) is 17.1 Å². The maximum absolute atomic E-state index is 2.36. The molecule has 0 radical (unpaired) electrons. The summed E-state index contributed by atoms with van der Waals surface area (Å²) in [5.41, 5.74) is 7.37. The van der Waals surface area contributed by atoms with Crippen molar-refractivity contribution >= 4 is 27.8 Å². The number of hydrogen-bond donors (Lipinski definition) is 0. The molecule has 1 nitrogen and oxygen atoms in total. The summed E-state index contributed by atoms with van der Waals surface area (Å²) in [7, 11) is 0. The molecule has 0 aromatic heterocycles. The molecule has 0 saturated heterocycles. The van der Waals surface area contributed by atoms with Gasteiger partial charge in [-0.1, -0.05) is 98.8 Å². The third kappa shape index (κ3) is 3.90. The van der Waals surface area contributed by atoms with E-state index in [1.807, 2.05) is 0 Å². The minimum atomic E-state index is 0.478. The first-order chi connectivity index (χ1) is 15.7. The Kier molecular flexibility index (Phi) is 5.47. The molecule has 5 rings (SSSR count). The molecule has 0 N–H and O–H groups in total. The monoisotopic (exact) mass is 413 g/mol. The Balaban J connectivity index is 1.75. The lowest BCUT2D eigenvalue weighted by atomic mass is 9.91. The maximum atomic E-state index is 2.36. The van der Waals surface area contributed by atoms with Gasteiger partial charge in [-0.25, -0.2) is 0 Å². The molecule has 0 amide bonds. The van der Waals surface area contributed by atoms with Crippen LogP contribution in [0.25, 0.3) is 21.9 Å². The summed E-state index contributed by atoms with van der Waals surface area (Å²) >= 11 is 0. The van der Waals surface area contributed by atoms with Gasteiger partial charge in [-0.05, 0) is 69.8 Å². The minimum absolute atomic E-state index is 0.478. The van der Waals surface area contributed by atoms with Gasteiger partial charge in [0.25, 0.3) is 0 Å². The highest BCUT2D eigenvalue weighted by Gasteiger charge is 2.15. The highest BCUT2D eigenvalue weighted by Crippen LogP contribution is 2.39. The van der Waals surface area contributed by atoms with Crippen LogP contribution in [0.15, 0.2) is 121 Å². The van der Waals surface area contributed by atoms with Crippen molar-refractivity contribution < 1.29 is 0 Å². The Bertz CT molecular complexity index is 1280. The van der Waals surface area contributed by atoms with Crippen LogP contribution < -0.4 is 4.90 Å². The average molecular weight is 414 g/mol. The van der Waals surface area contributed by atoms with E-state index in [0.717, 1.165) is 17.1 Å². The SMILES string of the molecule is CC(C)c1cc(-c2ccccc2)c2cc(N(c3ccccc3)c3ccccc3)ccc2c1.